The highest BCUT2D eigenvalue weighted by atomic mass is 32.1. The van der Waals surface area contributed by atoms with Crippen molar-refractivity contribution in [3.05, 3.63) is 41.2 Å². The first-order valence-electron chi connectivity index (χ1n) is 8.97. The van der Waals surface area contributed by atoms with E-state index in [1.807, 2.05) is 26.0 Å². The third kappa shape index (κ3) is 3.26. The van der Waals surface area contributed by atoms with Crippen LogP contribution >= 0.6 is 11.3 Å². The molecule has 1 aromatic carbocycles. The number of nitrogens with zero attached hydrogens (tertiary/aromatic N) is 4. The van der Waals surface area contributed by atoms with Crippen molar-refractivity contribution in [1.82, 2.24) is 20.3 Å². The summed E-state index contributed by atoms with van der Waals surface area (Å²) >= 11 is 1.24. The molecule has 0 radical (unpaired) electrons. The van der Waals surface area contributed by atoms with Crippen LogP contribution in [0.3, 0.4) is 0 Å². The zero-order valence-corrected chi connectivity index (χ0v) is 16.0. The Balaban J connectivity index is 1.68. The Bertz CT molecular complexity index is 987. The molecule has 1 aliphatic rings. The van der Waals surface area contributed by atoms with Crippen LogP contribution in [0.15, 0.2) is 30.6 Å². The maximum atomic E-state index is 12.6. The van der Waals surface area contributed by atoms with Crippen LogP contribution < -0.4 is 10.2 Å². The van der Waals surface area contributed by atoms with Gasteiger partial charge in [-0.05, 0) is 24.0 Å². The zero-order chi connectivity index (χ0) is 19.0. The van der Waals surface area contributed by atoms with Crippen molar-refractivity contribution in [3.63, 3.8) is 0 Å². The Kier molecular flexibility index (Phi) is 4.75. The van der Waals surface area contributed by atoms with E-state index in [2.05, 4.69) is 37.3 Å². The number of carbonyl (C=O) groups is 1. The van der Waals surface area contributed by atoms with E-state index in [-0.39, 0.29) is 24.5 Å². The number of aliphatic hydroxyl groups is 1. The van der Waals surface area contributed by atoms with Gasteiger partial charge in [0, 0.05) is 12.2 Å². The number of nitrogens with one attached hydrogen (secondary N) is 1. The molecule has 1 unspecified atom stereocenters. The minimum Gasteiger partial charge on any atom is -0.394 e. The van der Waals surface area contributed by atoms with E-state index in [9.17, 15) is 9.90 Å². The minimum absolute atomic E-state index is 0.107. The third-order valence-electron chi connectivity index (χ3n) is 4.83. The number of carbonyl (C=O) groups excluding carboxylic acids is 1. The van der Waals surface area contributed by atoms with Crippen LogP contribution in [0.25, 0.3) is 10.3 Å². The predicted molar refractivity (Wildman–Crippen MR) is 106 cm³/mol. The summed E-state index contributed by atoms with van der Waals surface area (Å²) in [6.07, 6.45) is 2.47. The lowest BCUT2D eigenvalue weighted by Gasteiger charge is -2.19. The van der Waals surface area contributed by atoms with Crippen LogP contribution in [0.2, 0.25) is 0 Å². The number of hydrogen-bond donors (Lipinski definition) is 2. The maximum Gasteiger partial charge on any atom is 0.280 e. The summed E-state index contributed by atoms with van der Waals surface area (Å²) in [6, 6.07) is 7.94. The fourth-order valence-electron chi connectivity index (χ4n) is 3.25. The fraction of sp³-hybridized carbons (Fsp3) is 0.368. The zero-order valence-electron chi connectivity index (χ0n) is 15.2. The maximum absolute atomic E-state index is 12.6. The van der Waals surface area contributed by atoms with Gasteiger partial charge in [-0.1, -0.05) is 43.4 Å². The predicted octanol–water partition coefficient (Wildman–Crippen LogP) is 2.53. The molecule has 0 fully saturated rings. The van der Waals surface area contributed by atoms with Crippen molar-refractivity contribution < 1.29 is 9.90 Å². The number of thiazole rings is 1. The Morgan fingerprint density at radius 3 is 2.93 bits per heavy atom. The Morgan fingerprint density at radius 2 is 2.15 bits per heavy atom. The Labute approximate surface area is 161 Å². The molecule has 3 aromatic rings. The molecule has 3 heterocycles. The second-order valence-electron chi connectivity index (χ2n) is 6.91. The van der Waals surface area contributed by atoms with E-state index in [1.165, 1.54) is 23.2 Å². The average Bonchev–Trinajstić information content (AvgIpc) is 3.29. The van der Waals surface area contributed by atoms with Gasteiger partial charge in [-0.15, -0.1) is 0 Å². The monoisotopic (exact) mass is 383 g/mol. The molecule has 2 aromatic heterocycles. The summed E-state index contributed by atoms with van der Waals surface area (Å²) in [5.74, 6) is 0.561. The van der Waals surface area contributed by atoms with Crippen molar-refractivity contribution in [3.8, 4) is 0 Å². The van der Waals surface area contributed by atoms with Gasteiger partial charge in [0.1, 0.15) is 16.7 Å². The Hall–Kier alpha value is -2.58. The van der Waals surface area contributed by atoms with E-state index in [0.29, 0.717) is 15.4 Å². The van der Waals surface area contributed by atoms with Crippen molar-refractivity contribution >= 4 is 39.1 Å². The second-order valence-corrected chi connectivity index (χ2v) is 7.88. The van der Waals surface area contributed by atoms with E-state index < -0.39 is 0 Å². The lowest BCUT2D eigenvalue weighted by Crippen LogP contribution is -2.41. The summed E-state index contributed by atoms with van der Waals surface area (Å²) in [5.41, 5.74) is 3.03. The molecule has 7 nitrogen and oxygen atoms in total. The molecule has 0 saturated carbocycles. The largest absolute Gasteiger partial charge is 0.394 e. The molecule has 0 spiro atoms. The van der Waals surface area contributed by atoms with Gasteiger partial charge in [0.25, 0.3) is 5.91 Å². The molecule has 1 atom stereocenters. The molecule has 140 valence electrons. The Morgan fingerprint density at radius 1 is 1.33 bits per heavy atom. The van der Waals surface area contributed by atoms with Crippen LogP contribution in [-0.4, -0.2) is 45.2 Å². The highest BCUT2D eigenvalue weighted by Crippen LogP contribution is 2.37. The standard InChI is InChI=1S/C19H21N5O2S/c1-11(2)13(9-25)22-17(26)19-23-15-16(20-10-21-18(15)27-19)24-8-7-12-5-3-4-6-14(12)24/h3-6,10-11,13,25H,7-9H2,1-2H3,(H,22,26). The summed E-state index contributed by atoms with van der Waals surface area (Å²) in [5, 5.41) is 12.6. The van der Waals surface area contributed by atoms with E-state index in [4.69, 9.17) is 0 Å². The van der Waals surface area contributed by atoms with Gasteiger partial charge in [0.2, 0.25) is 0 Å². The van der Waals surface area contributed by atoms with Crippen LogP contribution in [0, 0.1) is 5.92 Å². The number of hydrogen-bond acceptors (Lipinski definition) is 7. The lowest BCUT2D eigenvalue weighted by molar-refractivity contribution is 0.0896. The molecule has 0 saturated heterocycles. The van der Waals surface area contributed by atoms with E-state index >= 15 is 0 Å². The number of para-hydroxylation sites is 1. The summed E-state index contributed by atoms with van der Waals surface area (Å²) in [7, 11) is 0. The SMILES string of the molecule is CC(C)C(CO)NC(=O)c1nc2c(N3CCc4ccccc43)ncnc2s1. The molecule has 0 aliphatic carbocycles. The number of aromatic nitrogens is 3. The summed E-state index contributed by atoms with van der Waals surface area (Å²) in [6.45, 7) is 4.62. The first-order chi connectivity index (χ1) is 13.1. The highest BCUT2D eigenvalue weighted by molar-refractivity contribution is 7.19. The molecule has 27 heavy (non-hydrogen) atoms. The van der Waals surface area contributed by atoms with Crippen molar-refractivity contribution in [1.29, 1.82) is 0 Å². The molecular weight excluding hydrogens is 362 g/mol. The number of amides is 1. The molecule has 8 heteroatoms. The van der Waals surface area contributed by atoms with Crippen LogP contribution in [0.1, 0.15) is 29.2 Å². The highest BCUT2D eigenvalue weighted by Gasteiger charge is 2.26. The van der Waals surface area contributed by atoms with Crippen molar-refractivity contribution in [2.24, 2.45) is 5.92 Å². The molecular formula is C19H21N5O2S. The smallest absolute Gasteiger partial charge is 0.280 e. The third-order valence-corrected chi connectivity index (χ3v) is 5.79. The van der Waals surface area contributed by atoms with Gasteiger partial charge in [-0.3, -0.25) is 4.79 Å². The van der Waals surface area contributed by atoms with Gasteiger partial charge < -0.3 is 15.3 Å². The van der Waals surface area contributed by atoms with E-state index in [0.717, 1.165) is 24.5 Å². The quantitative estimate of drug-likeness (QED) is 0.704. The number of aliphatic hydroxyl groups excluding tert-OH is 1. The number of rotatable bonds is 5. The molecule has 4 rings (SSSR count). The van der Waals surface area contributed by atoms with Gasteiger partial charge >= 0.3 is 0 Å². The molecule has 1 aliphatic heterocycles. The molecule has 0 bridgehead atoms. The first-order valence-corrected chi connectivity index (χ1v) is 9.79. The van der Waals surface area contributed by atoms with Crippen molar-refractivity contribution in [2.45, 2.75) is 26.3 Å². The van der Waals surface area contributed by atoms with Gasteiger partial charge in [0.15, 0.2) is 10.8 Å². The van der Waals surface area contributed by atoms with Gasteiger partial charge in [-0.25, -0.2) is 15.0 Å². The summed E-state index contributed by atoms with van der Waals surface area (Å²) < 4.78 is 0. The number of anilines is 2. The fourth-order valence-corrected chi connectivity index (χ4v) is 4.05. The minimum atomic E-state index is -0.305. The normalized spacial score (nSPS) is 14.6. The lowest BCUT2D eigenvalue weighted by atomic mass is 10.1. The molecule has 2 N–H and O–H groups in total. The van der Waals surface area contributed by atoms with Crippen LogP contribution in [-0.2, 0) is 6.42 Å². The van der Waals surface area contributed by atoms with E-state index in [1.54, 1.807) is 0 Å². The first kappa shape index (κ1) is 17.8. The van der Waals surface area contributed by atoms with Gasteiger partial charge in [0.05, 0.1) is 12.6 Å². The van der Waals surface area contributed by atoms with Crippen LogP contribution in [0.5, 0.6) is 0 Å². The summed E-state index contributed by atoms with van der Waals surface area (Å²) in [4.78, 5) is 28.7. The average molecular weight is 383 g/mol. The van der Waals surface area contributed by atoms with Crippen molar-refractivity contribution in [2.75, 3.05) is 18.1 Å². The number of benzene rings is 1. The van der Waals surface area contributed by atoms with Crippen LogP contribution in [0.4, 0.5) is 11.5 Å². The number of fused-ring (bicyclic) bond motifs is 2. The molecule has 1 amide bonds. The topological polar surface area (TPSA) is 91.2 Å². The second kappa shape index (κ2) is 7.21. The van der Waals surface area contributed by atoms with Gasteiger partial charge in [-0.2, -0.15) is 0 Å².